The molecule has 0 bridgehead atoms. The molecule has 0 fully saturated rings. The lowest BCUT2D eigenvalue weighted by Crippen LogP contribution is -2.09. The molecule has 2 heterocycles. The van der Waals surface area contributed by atoms with Gasteiger partial charge < -0.3 is 5.73 Å². The Morgan fingerprint density at radius 2 is 2.19 bits per heavy atom. The standard InChI is InChI=1S/C9H13ClN6/c1-3-16-7(8(10)6(2)13-16)4-15-5-12-9(11)14-15/h5H,3-4H2,1-2H3,(H2,11,14). The Kier molecular flexibility index (Phi) is 2.82. The van der Waals surface area contributed by atoms with Gasteiger partial charge >= 0.3 is 0 Å². The first-order chi connectivity index (χ1) is 7.61. The predicted molar refractivity (Wildman–Crippen MR) is 61.2 cm³/mol. The Morgan fingerprint density at radius 3 is 2.75 bits per heavy atom. The SMILES string of the molecule is CCn1nc(C)c(Cl)c1Cn1cnc(N)n1. The molecule has 0 aliphatic carbocycles. The summed E-state index contributed by atoms with van der Waals surface area (Å²) < 4.78 is 3.50. The molecule has 0 unspecified atom stereocenters. The van der Waals surface area contributed by atoms with Crippen LogP contribution in [0.5, 0.6) is 0 Å². The quantitative estimate of drug-likeness (QED) is 0.872. The second kappa shape index (κ2) is 4.13. The number of rotatable bonds is 3. The summed E-state index contributed by atoms with van der Waals surface area (Å²) in [6, 6.07) is 0. The average Bonchev–Trinajstić information content (AvgIpc) is 2.77. The molecule has 16 heavy (non-hydrogen) atoms. The predicted octanol–water partition coefficient (Wildman–Crippen LogP) is 1.09. The zero-order chi connectivity index (χ0) is 11.7. The number of nitrogens with two attached hydrogens (primary N) is 1. The summed E-state index contributed by atoms with van der Waals surface area (Å²) in [6.45, 7) is 5.19. The van der Waals surface area contributed by atoms with Crippen molar-refractivity contribution in [3.63, 3.8) is 0 Å². The fourth-order valence-electron chi connectivity index (χ4n) is 1.56. The van der Waals surface area contributed by atoms with Crippen LogP contribution in [0.1, 0.15) is 18.3 Å². The first-order valence-corrected chi connectivity index (χ1v) is 5.36. The number of nitrogen functional groups attached to an aromatic ring is 1. The summed E-state index contributed by atoms with van der Waals surface area (Å²) in [4.78, 5) is 3.86. The van der Waals surface area contributed by atoms with Gasteiger partial charge in [-0.3, -0.25) is 4.68 Å². The number of hydrogen-bond donors (Lipinski definition) is 1. The topological polar surface area (TPSA) is 74.5 Å². The molecule has 0 spiro atoms. The second-order valence-electron chi connectivity index (χ2n) is 3.46. The molecule has 7 heteroatoms. The molecule has 6 nitrogen and oxygen atoms in total. The van der Waals surface area contributed by atoms with Crippen molar-refractivity contribution >= 4 is 17.5 Å². The molecule has 0 saturated heterocycles. The zero-order valence-corrected chi connectivity index (χ0v) is 9.94. The van der Waals surface area contributed by atoms with Gasteiger partial charge in [-0.1, -0.05) is 11.6 Å². The molecular weight excluding hydrogens is 228 g/mol. The van der Waals surface area contributed by atoms with Gasteiger partial charge in [-0.15, -0.1) is 5.10 Å². The summed E-state index contributed by atoms with van der Waals surface area (Å²) in [5.41, 5.74) is 7.20. The molecule has 0 amide bonds. The van der Waals surface area contributed by atoms with E-state index in [0.29, 0.717) is 11.6 Å². The van der Waals surface area contributed by atoms with E-state index in [0.717, 1.165) is 17.9 Å². The van der Waals surface area contributed by atoms with E-state index in [-0.39, 0.29) is 5.95 Å². The smallest absolute Gasteiger partial charge is 0.239 e. The van der Waals surface area contributed by atoms with Crippen LogP contribution in [0.2, 0.25) is 5.02 Å². The molecule has 2 aromatic heterocycles. The number of nitrogens with zero attached hydrogens (tertiary/aromatic N) is 5. The Bertz CT molecular complexity index is 500. The molecule has 0 atom stereocenters. The van der Waals surface area contributed by atoms with E-state index < -0.39 is 0 Å². The van der Waals surface area contributed by atoms with Crippen molar-refractivity contribution in [1.29, 1.82) is 0 Å². The lowest BCUT2D eigenvalue weighted by Gasteiger charge is -2.04. The molecule has 2 N–H and O–H groups in total. The molecule has 0 saturated carbocycles. The lowest BCUT2D eigenvalue weighted by molar-refractivity contribution is 0.575. The van der Waals surface area contributed by atoms with E-state index in [4.69, 9.17) is 17.3 Å². The Hall–Kier alpha value is -1.56. The summed E-state index contributed by atoms with van der Waals surface area (Å²) in [5, 5.41) is 9.02. The van der Waals surface area contributed by atoms with Gasteiger partial charge in [0.2, 0.25) is 5.95 Å². The van der Waals surface area contributed by atoms with Crippen molar-refractivity contribution in [2.24, 2.45) is 0 Å². The van der Waals surface area contributed by atoms with Gasteiger partial charge in [-0.05, 0) is 13.8 Å². The minimum Gasteiger partial charge on any atom is -0.367 e. The van der Waals surface area contributed by atoms with Crippen LogP contribution in [0.4, 0.5) is 5.95 Å². The molecule has 86 valence electrons. The molecule has 0 aliphatic heterocycles. The van der Waals surface area contributed by atoms with Crippen molar-refractivity contribution in [2.75, 3.05) is 5.73 Å². The maximum atomic E-state index is 6.17. The Morgan fingerprint density at radius 1 is 1.44 bits per heavy atom. The largest absolute Gasteiger partial charge is 0.367 e. The molecule has 2 rings (SSSR count). The molecule has 0 radical (unpaired) electrons. The number of aromatic nitrogens is 5. The molecule has 0 aliphatic rings. The second-order valence-corrected chi connectivity index (χ2v) is 3.84. The summed E-state index contributed by atoms with van der Waals surface area (Å²) >= 11 is 6.17. The third kappa shape index (κ3) is 1.88. The zero-order valence-electron chi connectivity index (χ0n) is 9.18. The normalized spacial score (nSPS) is 10.9. The van der Waals surface area contributed by atoms with Gasteiger partial charge in [0.15, 0.2) is 0 Å². The van der Waals surface area contributed by atoms with Crippen LogP contribution in [0.25, 0.3) is 0 Å². The fourth-order valence-corrected chi connectivity index (χ4v) is 1.75. The number of halogens is 1. The highest BCUT2D eigenvalue weighted by molar-refractivity contribution is 6.31. The highest BCUT2D eigenvalue weighted by Gasteiger charge is 2.13. The van der Waals surface area contributed by atoms with Gasteiger partial charge in [0.25, 0.3) is 0 Å². The molecular formula is C9H13ClN6. The summed E-state index contributed by atoms with van der Waals surface area (Å²) in [6.07, 6.45) is 1.58. The minimum absolute atomic E-state index is 0.260. The minimum atomic E-state index is 0.260. The van der Waals surface area contributed by atoms with E-state index in [9.17, 15) is 0 Å². The Labute approximate surface area is 98.0 Å². The lowest BCUT2D eigenvalue weighted by atomic mass is 10.3. The Balaban J connectivity index is 2.33. The van der Waals surface area contributed by atoms with Crippen LogP contribution in [0, 0.1) is 6.92 Å². The van der Waals surface area contributed by atoms with Gasteiger partial charge in [0.1, 0.15) is 6.33 Å². The first-order valence-electron chi connectivity index (χ1n) is 4.98. The highest BCUT2D eigenvalue weighted by Crippen LogP contribution is 2.20. The summed E-state index contributed by atoms with van der Waals surface area (Å²) in [7, 11) is 0. The number of hydrogen-bond acceptors (Lipinski definition) is 4. The first kappa shape index (κ1) is 10.9. The van der Waals surface area contributed by atoms with Gasteiger partial charge in [-0.25, -0.2) is 9.67 Å². The third-order valence-electron chi connectivity index (χ3n) is 2.32. The van der Waals surface area contributed by atoms with E-state index in [2.05, 4.69) is 15.2 Å². The van der Waals surface area contributed by atoms with Crippen LogP contribution in [0.3, 0.4) is 0 Å². The maximum absolute atomic E-state index is 6.17. The average molecular weight is 241 g/mol. The van der Waals surface area contributed by atoms with Crippen molar-refractivity contribution in [3.8, 4) is 0 Å². The number of anilines is 1. The maximum Gasteiger partial charge on any atom is 0.239 e. The van der Waals surface area contributed by atoms with Crippen molar-refractivity contribution in [1.82, 2.24) is 24.5 Å². The van der Waals surface area contributed by atoms with Crippen LogP contribution in [-0.2, 0) is 13.1 Å². The van der Waals surface area contributed by atoms with Crippen molar-refractivity contribution in [3.05, 3.63) is 22.7 Å². The van der Waals surface area contributed by atoms with Crippen LogP contribution >= 0.6 is 11.6 Å². The van der Waals surface area contributed by atoms with Crippen LogP contribution in [-0.4, -0.2) is 24.5 Å². The monoisotopic (exact) mass is 240 g/mol. The molecule has 2 aromatic rings. The van der Waals surface area contributed by atoms with E-state index >= 15 is 0 Å². The molecule has 0 aromatic carbocycles. The van der Waals surface area contributed by atoms with Gasteiger partial charge in [-0.2, -0.15) is 5.10 Å². The van der Waals surface area contributed by atoms with E-state index in [1.807, 2.05) is 18.5 Å². The van der Waals surface area contributed by atoms with Gasteiger partial charge in [0, 0.05) is 6.54 Å². The third-order valence-corrected chi connectivity index (χ3v) is 2.81. The summed E-state index contributed by atoms with van der Waals surface area (Å²) in [5.74, 6) is 0.260. The van der Waals surface area contributed by atoms with Gasteiger partial charge in [0.05, 0.1) is 23.0 Å². The van der Waals surface area contributed by atoms with E-state index in [1.54, 1.807) is 11.0 Å². The van der Waals surface area contributed by atoms with Crippen molar-refractivity contribution in [2.45, 2.75) is 26.9 Å². The van der Waals surface area contributed by atoms with E-state index in [1.165, 1.54) is 0 Å². The highest BCUT2D eigenvalue weighted by atomic mass is 35.5. The van der Waals surface area contributed by atoms with Crippen molar-refractivity contribution < 1.29 is 0 Å². The fraction of sp³-hybridized carbons (Fsp3) is 0.444. The number of aryl methyl sites for hydroxylation is 2. The van der Waals surface area contributed by atoms with Crippen LogP contribution < -0.4 is 5.73 Å². The van der Waals surface area contributed by atoms with Crippen LogP contribution in [0.15, 0.2) is 6.33 Å².